The second-order valence-electron chi connectivity index (χ2n) is 7.52. The van der Waals surface area contributed by atoms with Gasteiger partial charge >= 0.3 is 0 Å². The molecule has 184 valence electrons. The Hall–Kier alpha value is -4.49. The van der Waals surface area contributed by atoms with Crippen LogP contribution >= 0.6 is 11.8 Å². The normalized spacial score (nSPS) is 10.2. The Kier molecular flexibility index (Phi) is 8.91. The van der Waals surface area contributed by atoms with Crippen molar-refractivity contribution in [3.63, 3.8) is 0 Å². The minimum Gasteiger partial charge on any atom is -0.352 e. The van der Waals surface area contributed by atoms with Gasteiger partial charge < -0.3 is 15.5 Å². The predicted molar refractivity (Wildman–Crippen MR) is 137 cm³/mol. The van der Waals surface area contributed by atoms with Crippen molar-refractivity contribution in [1.82, 2.24) is 15.3 Å². The van der Waals surface area contributed by atoms with E-state index in [-0.39, 0.29) is 17.5 Å². The van der Waals surface area contributed by atoms with Gasteiger partial charge in [-0.25, -0.2) is 9.37 Å². The van der Waals surface area contributed by atoms with Crippen LogP contribution in [0.1, 0.15) is 22.3 Å². The lowest BCUT2D eigenvalue weighted by Gasteiger charge is -2.18. The second kappa shape index (κ2) is 12.3. The number of benzene rings is 2. The van der Waals surface area contributed by atoms with Gasteiger partial charge in [0.15, 0.2) is 0 Å². The number of carbonyl (C=O) groups excluding carboxylic acids is 2. The first kappa shape index (κ1) is 26.1. The number of carbonyl (C=O) groups is 2. The maximum Gasteiger partial charge on any atom is 0.251 e. The van der Waals surface area contributed by atoms with Crippen molar-refractivity contribution in [3.8, 4) is 6.07 Å². The first-order chi connectivity index (χ1) is 17.3. The molecule has 9 nitrogen and oxygen atoms in total. The summed E-state index contributed by atoms with van der Waals surface area (Å²) < 4.78 is 15.5. The molecule has 0 radical (unpaired) electrons. The Morgan fingerprint density at radius 1 is 1.25 bits per heavy atom. The minimum atomic E-state index is -0.557. The number of rotatable bonds is 10. The Balaban J connectivity index is 1.57. The van der Waals surface area contributed by atoms with Gasteiger partial charge in [0, 0.05) is 49.4 Å². The van der Waals surface area contributed by atoms with E-state index in [1.807, 2.05) is 6.07 Å². The maximum atomic E-state index is 14.2. The van der Waals surface area contributed by atoms with E-state index in [2.05, 4.69) is 27.2 Å². The molecule has 1 heterocycles. The van der Waals surface area contributed by atoms with Crippen LogP contribution in [0.5, 0.6) is 0 Å². The van der Waals surface area contributed by atoms with Crippen molar-refractivity contribution in [2.75, 3.05) is 34.8 Å². The zero-order chi connectivity index (χ0) is 26.1. The molecule has 0 aliphatic heterocycles. The minimum absolute atomic E-state index is 0.0829. The third-order valence-electron chi connectivity index (χ3n) is 5.02. The molecule has 1 aromatic heterocycles. The summed E-state index contributed by atoms with van der Waals surface area (Å²) in [5.41, 5.74) is 1.40. The Morgan fingerprint density at radius 3 is 2.81 bits per heavy atom. The van der Waals surface area contributed by atoms with Gasteiger partial charge in [-0.15, -0.1) is 0 Å². The molecule has 0 spiro atoms. The van der Waals surface area contributed by atoms with Gasteiger partial charge in [-0.1, -0.05) is 12.6 Å². The molecule has 2 aromatic carbocycles. The van der Waals surface area contributed by atoms with Crippen molar-refractivity contribution < 1.29 is 14.0 Å². The number of nitrogens with zero attached hydrogens (tertiary/aromatic N) is 5. The van der Waals surface area contributed by atoms with Gasteiger partial charge in [-0.05, 0) is 55.0 Å². The van der Waals surface area contributed by atoms with E-state index >= 15 is 0 Å². The number of hydrogen-bond acceptors (Lipinski definition) is 7. The lowest BCUT2D eigenvalue weighted by molar-refractivity contribution is -0.113. The fourth-order valence-electron chi connectivity index (χ4n) is 3.14. The Morgan fingerprint density at radius 2 is 2.06 bits per heavy atom. The highest BCUT2D eigenvalue weighted by atomic mass is 35.5. The van der Waals surface area contributed by atoms with Crippen molar-refractivity contribution in [2.24, 2.45) is 0 Å². The molecule has 3 rings (SSSR count). The standard InChI is InChI=1S/C25H23ClFN7O2/c1-3-23(35)33(2)21-15-19(8-9-20(21)27)31-22-10-12-30-25(32-22)34(26)13-5-11-29-24(36)18-7-4-6-17(14-18)16-28/h3-4,6-10,12,14-15H,1,5,11,13H2,2H3,(H,29,36)(H,30,31,32). The first-order valence-corrected chi connectivity index (χ1v) is 11.2. The summed E-state index contributed by atoms with van der Waals surface area (Å²) in [6.07, 6.45) is 3.13. The van der Waals surface area contributed by atoms with Crippen molar-refractivity contribution >= 4 is 46.7 Å². The summed E-state index contributed by atoms with van der Waals surface area (Å²) in [5, 5.41) is 14.8. The average molecular weight is 508 g/mol. The van der Waals surface area contributed by atoms with Gasteiger partial charge in [0.25, 0.3) is 5.91 Å². The van der Waals surface area contributed by atoms with E-state index in [1.54, 1.807) is 24.3 Å². The summed E-state index contributed by atoms with van der Waals surface area (Å²) in [4.78, 5) is 33.7. The maximum absolute atomic E-state index is 14.2. The molecule has 0 saturated carbocycles. The van der Waals surface area contributed by atoms with Crippen LogP contribution in [0.2, 0.25) is 0 Å². The van der Waals surface area contributed by atoms with Crippen LogP contribution in [-0.4, -0.2) is 41.9 Å². The summed E-state index contributed by atoms with van der Waals surface area (Å²) in [5.74, 6) is -0.643. The molecule has 0 bridgehead atoms. The highest BCUT2D eigenvalue weighted by Gasteiger charge is 2.14. The van der Waals surface area contributed by atoms with E-state index in [9.17, 15) is 14.0 Å². The van der Waals surface area contributed by atoms with E-state index in [4.69, 9.17) is 17.0 Å². The highest BCUT2D eigenvalue weighted by Crippen LogP contribution is 2.25. The molecule has 0 fully saturated rings. The fourth-order valence-corrected chi connectivity index (χ4v) is 3.34. The Bertz CT molecular complexity index is 1310. The van der Waals surface area contributed by atoms with Crippen LogP contribution in [0.4, 0.5) is 27.5 Å². The molecule has 0 aliphatic rings. The van der Waals surface area contributed by atoms with Crippen LogP contribution in [0.15, 0.2) is 67.4 Å². The zero-order valence-electron chi connectivity index (χ0n) is 19.4. The van der Waals surface area contributed by atoms with E-state index in [0.717, 1.165) is 11.0 Å². The van der Waals surface area contributed by atoms with Crippen LogP contribution in [-0.2, 0) is 4.79 Å². The molecular weight excluding hydrogens is 485 g/mol. The molecule has 2 N–H and O–H groups in total. The largest absolute Gasteiger partial charge is 0.352 e. The van der Waals surface area contributed by atoms with Gasteiger partial charge in [-0.3, -0.25) is 14.0 Å². The zero-order valence-corrected chi connectivity index (χ0v) is 20.2. The second-order valence-corrected chi connectivity index (χ2v) is 7.93. The monoisotopic (exact) mass is 507 g/mol. The lowest BCUT2D eigenvalue weighted by Crippen LogP contribution is -2.27. The van der Waals surface area contributed by atoms with Crippen LogP contribution in [0, 0.1) is 17.1 Å². The third-order valence-corrected chi connectivity index (χ3v) is 5.34. The molecule has 11 heteroatoms. The van der Waals surface area contributed by atoms with Crippen molar-refractivity contribution in [2.45, 2.75) is 6.42 Å². The van der Waals surface area contributed by atoms with Gasteiger partial charge in [0.2, 0.25) is 11.9 Å². The number of hydrogen-bond donors (Lipinski definition) is 2. The predicted octanol–water partition coefficient (Wildman–Crippen LogP) is 4.16. The van der Waals surface area contributed by atoms with E-state index in [1.165, 1.54) is 41.9 Å². The summed E-state index contributed by atoms with van der Waals surface area (Å²) >= 11 is 6.32. The SMILES string of the molecule is C=CC(=O)N(C)c1cc(Nc2ccnc(N(Cl)CCCNC(=O)c3cccc(C#N)c3)n2)ccc1F. The summed E-state index contributed by atoms with van der Waals surface area (Å²) in [6, 6.07) is 14.3. The molecule has 2 amide bonds. The van der Waals surface area contributed by atoms with E-state index in [0.29, 0.717) is 42.1 Å². The quantitative estimate of drug-likeness (QED) is 0.240. The molecule has 0 aliphatic carbocycles. The van der Waals surface area contributed by atoms with Crippen LogP contribution < -0.4 is 20.0 Å². The lowest BCUT2D eigenvalue weighted by atomic mass is 10.1. The number of nitrogens with one attached hydrogen (secondary N) is 2. The van der Waals surface area contributed by atoms with Crippen molar-refractivity contribution in [1.29, 1.82) is 5.26 Å². The fraction of sp³-hybridized carbons (Fsp3) is 0.160. The molecule has 36 heavy (non-hydrogen) atoms. The Labute approximate surface area is 212 Å². The molecule has 0 atom stereocenters. The van der Waals surface area contributed by atoms with Gasteiger partial charge in [-0.2, -0.15) is 10.2 Å². The summed E-state index contributed by atoms with van der Waals surface area (Å²) in [6.45, 7) is 4.11. The average Bonchev–Trinajstić information content (AvgIpc) is 2.91. The van der Waals surface area contributed by atoms with E-state index < -0.39 is 11.7 Å². The number of likely N-dealkylation sites (N-methyl/N-ethyl adjacent to an activating group) is 1. The van der Waals surface area contributed by atoms with Crippen LogP contribution in [0.25, 0.3) is 0 Å². The molecule has 3 aromatic rings. The number of halogens is 2. The van der Waals surface area contributed by atoms with Crippen molar-refractivity contribution in [3.05, 3.63) is 84.3 Å². The van der Waals surface area contributed by atoms with Gasteiger partial charge in [0.1, 0.15) is 11.6 Å². The number of anilines is 4. The van der Waals surface area contributed by atoms with Gasteiger partial charge in [0.05, 0.1) is 17.3 Å². The molecule has 0 saturated heterocycles. The first-order valence-electron chi connectivity index (χ1n) is 10.8. The number of nitriles is 1. The number of amides is 2. The van der Waals surface area contributed by atoms with Crippen LogP contribution in [0.3, 0.4) is 0 Å². The summed E-state index contributed by atoms with van der Waals surface area (Å²) in [7, 11) is 1.45. The number of aromatic nitrogens is 2. The highest BCUT2D eigenvalue weighted by molar-refractivity contribution is 6.25. The molecule has 0 unspecified atom stereocenters. The smallest absolute Gasteiger partial charge is 0.251 e. The third kappa shape index (κ3) is 6.77. The molecular formula is C25H23ClFN7O2. The topological polar surface area (TPSA) is 114 Å².